The molecule has 31 heavy (non-hydrogen) atoms. The number of amides is 2. The summed E-state index contributed by atoms with van der Waals surface area (Å²) >= 11 is 6.91. The van der Waals surface area contributed by atoms with Crippen molar-refractivity contribution in [3.8, 4) is 0 Å². The summed E-state index contributed by atoms with van der Waals surface area (Å²) in [6, 6.07) is 14.3. The lowest BCUT2D eigenvalue weighted by molar-refractivity contribution is -0.115. The van der Waals surface area contributed by atoms with Crippen LogP contribution in [0.5, 0.6) is 0 Å². The lowest BCUT2D eigenvalue weighted by atomic mass is 10.1. The molecule has 3 rings (SSSR count). The standard InChI is InChI=1S/C23H21ClN2O4S/c1-13-4-10-17(11-5-13)25-21(28)20-14(2)19(23(29)30-3)22(31-20)26-18(27)12-15-6-8-16(24)9-7-15/h4-11H,12H2,1-3H3,(H,25,28)(H,26,27). The fourth-order valence-electron chi connectivity index (χ4n) is 2.95. The lowest BCUT2D eigenvalue weighted by Crippen LogP contribution is -2.16. The number of rotatable bonds is 6. The molecule has 0 saturated heterocycles. The average molecular weight is 457 g/mol. The maximum absolute atomic E-state index is 12.8. The van der Waals surface area contributed by atoms with Gasteiger partial charge in [-0.3, -0.25) is 9.59 Å². The number of carbonyl (C=O) groups excluding carboxylic acids is 3. The number of thiophene rings is 1. The highest BCUT2D eigenvalue weighted by atomic mass is 35.5. The van der Waals surface area contributed by atoms with Crippen LogP contribution >= 0.6 is 22.9 Å². The zero-order chi connectivity index (χ0) is 22.5. The van der Waals surface area contributed by atoms with Crippen LogP contribution in [-0.2, 0) is 16.0 Å². The molecule has 0 unspecified atom stereocenters. The van der Waals surface area contributed by atoms with Crippen LogP contribution in [-0.4, -0.2) is 24.9 Å². The molecule has 160 valence electrons. The van der Waals surface area contributed by atoms with Crippen LogP contribution in [0.3, 0.4) is 0 Å². The summed E-state index contributed by atoms with van der Waals surface area (Å²) in [5.74, 6) is -1.31. The van der Waals surface area contributed by atoms with Gasteiger partial charge in [0.1, 0.15) is 5.00 Å². The number of esters is 1. The first-order chi connectivity index (χ1) is 14.8. The van der Waals surface area contributed by atoms with Crippen molar-refractivity contribution in [2.75, 3.05) is 17.7 Å². The predicted molar refractivity (Wildman–Crippen MR) is 123 cm³/mol. The molecule has 0 aliphatic heterocycles. The van der Waals surface area contributed by atoms with Gasteiger partial charge in [-0.1, -0.05) is 41.4 Å². The number of nitrogens with one attached hydrogen (secondary N) is 2. The fraction of sp³-hybridized carbons (Fsp3) is 0.174. The van der Waals surface area contributed by atoms with Crippen molar-refractivity contribution in [1.82, 2.24) is 0 Å². The third-order valence-corrected chi connectivity index (χ3v) is 6.04. The molecule has 2 amide bonds. The number of halogens is 1. The van der Waals surface area contributed by atoms with Crippen LogP contribution in [0.25, 0.3) is 0 Å². The Balaban J connectivity index is 1.84. The van der Waals surface area contributed by atoms with Gasteiger partial charge in [0.05, 0.1) is 24.0 Å². The molecule has 0 fully saturated rings. The normalized spacial score (nSPS) is 10.5. The van der Waals surface area contributed by atoms with Crippen molar-refractivity contribution in [2.45, 2.75) is 20.3 Å². The molecule has 0 saturated carbocycles. The van der Waals surface area contributed by atoms with E-state index in [1.54, 1.807) is 43.3 Å². The number of hydrogen-bond acceptors (Lipinski definition) is 5. The van der Waals surface area contributed by atoms with Crippen molar-refractivity contribution in [3.63, 3.8) is 0 Å². The first-order valence-electron chi connectivity index (χ1n) is 9.42. The molecule has 1 aromatic heterocycles. The van der Waals surface area contributed by atoms with E-state index in [0.29, 0.717) is 21.2 Å². The number of benzene rings is 2. The van der Waals surface area contributed by atoms with E-state index in [-0.39, 0.29) is 28.8 Å². The average Bonchev–Trinajstić information content (AvgIpc) is 3.06. The van der Waals surface area contributed by atoms with E-state index in [1.165, 1.54) is 7.11 Å². The van der Waals surface area contributed by atoms with E-state index in [1.807, 2.05) is 19.1 Å². The Morgan fingerprint density at radius 2 is 1.61 bits per heavy atom. The molecule has 0 radical (unpaired) electrons. The minimum atomic E-state index is -0.620. The van der Waals surface area contributed by atoms with Gasteiger partial charge < -0.3 is 15.4 Å². The van der Waals surface area contributed by atoms with E-state index >= 15 is 0 Å². The van der Waals surface area contributed by atoms with Crippen molar-refractivity contribution < 1.29 is 19.1 Å². The van der Waals surface area contributed by atoms with Gasteiger partial charge in [0.15, 0.2) is 0 Å². The Labute approximate surface area is 189 Å². The van der Waals surface area contributed by atoms with Crippen molar-refractivity contribution in [1.29, 1.82) is 0 Å². The van der Waals surface area contributed by atoms with Gasteiger partial charge in [0.25, 0.3) is 5.91 Å². The van der Waals surface area contributed by atoms with E-state index < -0.39 is 5.97 Å². The smallest absolute Gasteiger partial charge is 0.341 e. The number of anilines is 2. The minimum Gasteiger partial charge on any atom is -0.465 e. The predicted octanol–water partition coefficient (Wildman–Crippen LogP) is 5.24. The number of hydrogen-bond donors (Lipinski definition) is 2. The van der Waals surface area contributed by atoms with E-state index in [2.05, 4.69) is 10.6 Å². The van der Waals surface area contributed by atoms with Crippen LogP contribution in [0.4, 0.5) is 10.7 Å². The van der Waals surface area contributed by atoms with Gasteiger partial charge in [-0.05, 0) is 49.2 Å². The van der Waals surface area contributed by atoms with Crippen LogP contribution in [0, 0.1) is 13.8 Å². The van der Waals surface area contributed by atoms with Crippen molar-refractivity contribution in [3.05, 3.63) is 80.7 Å². The highest BCUT2D eigenvalue weighted by Gasteiger charge is 2.26. The van der Waals surface area contributed by atoms with Crippen molar-refractivity contribution in [2.24, 2.45) is 0 Å². The highest BCUT2D eigenvalue weighted by Crippen LogP contribution is 2.34. The Bertz CT molecular complexity index is 1120. The summed E-state index contributed by atoms with van der Waals surface area (Å²) in [7, 11) is 1.25. The molecule has 3 aromatic rings. The summed E-state index contributed by atoms with van der Waals surface area (Å²) in [6.07, 6.45) is 0.0969. The third-order valence-electron chi connectivity index (χ3n) is 4.58. The molecule has 0 bridgehead atoms. The fourth-order valence-corrected chi connectivity index (χ4v) is 4.18. The number of carbonyl (C=O) groups is 3. The number of ether oxygens (including phenoxy) is 1. The molecule has 0 atom stereocenters. The number of methoxy groups -OCH3 is 1. The first-order valence-corrected chi connectivity index (χ1v) is 10.6. The molecular formula is C23H21ClN2O4S. The summed E-state index contributed by atoms with van der Waals surface area (Å²) in [5, 5.41) is 6.41. The minimum absolute atomic E-state index is 0.0969. The SMILES string of the molecule is COC(=O)c1c(NC(=O)Cc2ccc(Cl)cc2)sc(C(=O)Nc2ccc(C)cc2)c1C. The molecule has 0 aliphatic carbocycles. The van der Waals surface area contributed by atoms with Gasteiger partial charge in [-0.2, -0.15) is 0 Å². The van der Waals surface area contributed by atoms with Gasteiger partial charge in [0, 0.05) is 10.7 Å². The molecule has 1 heterocycles. The van der Waals surface area contributed by atoms with Crippen LogP contribution in [0.2, 0.25) is 5.02 Å². The second kappa shape index (κ2) is 9.76. The zero-order valence-electron chi connectivity index (χ0n) is 17.2. The molecule has 6 nitrogen and oxygen atoms in total. The Kier molecular flexibility index (Phi) is 7.09. The first kappa shape index (κ1) is 22.5. The summed E-state index contributed by atoms with van der Waals surface area (Å²) in [4.78, 5) is 38.1. The van der Waals surface area contributed by atoms with Crippen LogP contribution in [0.1, 0.15) is 36.7 Å². The molecule has 0 spiro atoms. The summed E-state index contributed by atoms with van der Waals surface area (Å²) in [5.41, 5.74) is 3.10. The van der Waals surface area contributed by atoms with Gasteiger partial charge in [-0.15, -0.1) is 11.3 Å². The Morgan fingerprint density at radius 3 is 2.23 bits per heavy atom. The third kappa shape index (κ3) is 5.51. The van der Waals surface area contributed by atoms with Gasteiger partial charge >= 0.3 is 5.97 Å². The topological polar surface area (TPSA) is 84.5 Å². The van der Waals surface area contributed by atoms with Crippen LogP contribution in [0.15, 0.2) is 48.5 Å². The summed E-state index contributed by atoms with van der Waals surface area (Å²) < 4.78 is 4.87. The monoisotopic (exact) mass is 456 g/mol. The largest absolute Gasteiger partial charge is 0.465 e. The van der Waals surface area contributed by atoms with Crippen LogP contribution < -0.4 is 10.6 Å². The van der Waals surface area contributed by atoms with Gasteiger partial charge in [0.2, 0.25) is 5.91 Å². The van der Waals surface area contributed by atoms with Gasteiger partial charge in [-0.25, -0.2) is 4.79 Å². The maximum atomic E-state index is 12.8. The van der Waals surface area contributed by atoms with Crippen molar-refractivity contribution >= 4 is 51.4 Å². The number of aryl methyl sites for hydroxylation is 1. The van der Waals surface area contributed by atoms with E-state index in [4.69, 9.17) is 16.3 Å². The Morgan fingerprint density at radius 1 is 0.968 bits per heavy atom. The van der Waals surface area contributed by atoms with E-state index in [0.717, 1.165) is 22.5 Å². The zero-order valence-corrected chi connectivity index (χ0v) is 18.8. The summed E-state index contributed by atoms with van der Waals surface area (Å²) in [6.45, 7) is 3.61. The second-order valence-electron chi connectivity index (χ2n) is 6.92. The molecule has 2 N–H and O–H groups in total. The second-order valence-corrected chi connectivity index (χ2v) is 8.38. The molecule has 2 aromatic carbocycles. The maximum Gasteiger partial charge on any atom is 0.341 e. The quantitative estimate of drug-likeness (QED) is 0.497. The Hall–Kier alpha value is -3.16. The van der Waals surface area contributed by atoms with E-state index in [9.17, 15) is 14.4 Å². The molecular weight excluding hydrogens is 436 g/mol. The highest BCUT2D eigenvalue weighted by molar-refractivity contribution is 7.18. The molecule has 8 heteroatoms. The molecule has 0 aliphatic rings. The lowest BCUT2D eigenvalue weighted by Gasteiger charge is -2.06.